The Labute approximate surface area is 259 Å². The Bertz CT molecular complexity index is 1630. The van der Waals surface area contributed by atoms with Crippen molar-refractivity contribution in [3.8, 4) is 11.1 Å². The van der Waals surface area contributed by atoms with Gasteiger partial charge in [0.05, 0.1) is 15.7 Å². The van der Waals surface area contributed by atoms with Gasteiger partial charge < -0.3 is 10.2 Å². The van der Waals surface area contributed by atoms with Gasteiger partial charge in [0.1, 0.15) is 5.65 Å². The Morgan fingerprint density at radius 3 is 2.40 bits per heavy atom. The molecule has 42 heavy (non-hydrogen) atoms. The molecule has 0 aliphatic carbocycles. The Kier molecular flexibility index (Phi) is 8.83. The maximum atomic E-state index is 7.03. The number of halogens is 2. The summed E-state index contributed by atoms with van der Waals surface area (Å²) in [4.78, 5) is 19.3. The van der Waals surface area contributed by atoms with Crippen LogP contribution in [0.4, 0.5) is 5.95 Å². The summed E-state index contributed by atoms with van der Waals surface area (Å²) in [5.74, 6) is 0.560. The first-order valence-corrected chi connectivity index (χ1v) is 15.5. The van der Waals surface area contributed by atoms with Crippen LogP contribution < -0.4 is 5.32 Å². The number of allylic oxidation sites excluding steroid dienone is 1. The van der Waals surface area contributed by atoms with Gasteiger partial charge in [-0.2, -0.15) is 4.98 Å². The second-order valence-corrected chi connectivity index (χ2v) is 12.4. The zero-order valence-electron chi connectivity index (χ0n) is 25.4. The van der Waals surface area contributed by atoms with Crippen LogP contribution in [-0.2, 0) is 19.3 Å². The summed E-state index contributed by atoms with van der Waals surface area (Å²) >= 11 is 14.1. The molecule has 222 valence electrons. The van der Waals surface area contributed by atoms with E-state index < -0.39 is 0 Å². The predicted octanol–water partition coefficient (Wildman–Crippen LogP) is 7.45. The average molecular weight is 607 g/mol. The molecule has 3 aromatic heterocycles. The van der Waals surface area contributed by atoms with E-state index in [-0.39, 0.29) is 5.54 Å². The zero-order valence-corrected chi connectivity index (χ0v) is 26.9. The molecular weight excluding hydrogens is 565 g/mol. The lowest BCUT2D eigenvalue weighted by molar-refractivity contribution is 0.0489. The van der Waals surface area contributed by atoms with E-state index >= 15 is 0 Å². The Morgan fingerprint density at radius 1 is 1.07 bits per heavy atom. The number of benzene rings is 1. The summed E-state index contributed by atoms with van der Waals surface area (Å²) in [7, 11) is 1.82. The van der Waals surface area contributed by atoms with Gasteiger partial charge in [0.25, 0.3) is 0 Å². The predicted molar refractivity (Wildman–Crippen MR) is 177 cm³/mol. The minimum Gasteiger partial charge on any atom is -0.364 e. The van der Waals surface area contributed by atoms with Gasteiger partial charge in [-0.15, -0.1) is 0 Å². The van der Waals surface area contributed by atoms with Crippen molar-refractivity contribution in [3.63, 3.8) is 0 Å². The van der Waals surface area contributed by atoms with E-state index in [0.717, 1.165) is 102 Å². The molecule has 0 spiro atoms. The third-order valence-corrected chi connectivity index (χ3v) is 9.26. The van der Waals surface area contributed by atoms with Crippen LogP contribution in [0.1, 0.15) is 50.9 Å². The second-order valence-electron chi connectivity index (χ2n) is 11.7. The summed E-state index contributed by atoms with van der Waals surface area (Å²) < 4.78 is 2.07. The number of hydrogen-bond donors (Lipinski definition) is 1. The lowest BCUT2D eigenvalue weighted by atomic mass is 9.97. The lowest BCUT2D eigenvalue weighted by Gasteiger charge is -2.48. The fourth-order valence-electron chi connectivity index (χ4n) is 6.18. The Morgan fingerprint density at radius 2 is 1.79 bits per heavy atom. The van der Waals surface area contributed by atoms with Crippen LogP contribution in [-0.4, -0.2) is 67.9 Å². The van der Waals surface area contributed by atoms with Gasteiger partial charge >= 0.3 is 0 Å². The largest absolute Gasteiger partial charge is 0.364 e. The van der Waals surface area contributed by atoms with Crippen LogP contribution in [0.5, 0.6) is 0 Å². The van der Waals surface area contributed by atoms with Gasteiger partial charge in [0.2, 0.25) is 5.95 Å². The molecule has 0 unspecified atom stereocenters. The number of anilines is 1. The number of pyridine rings is 1. The smallest absolute Gasteiger partial charge is 0.224 e. The van der Waals surface area contributed by atoms with Crippen molar-refractivity contribution < 1.29 is 0 Å². The third-order valence-electron chi connectivity index (χ3n) is 8.40. The van der Waals surface area contributed by atoms with Crippen LogP contribution >= 0.6 is 23.2 Å². The van der Waals surface area contributed by atoms with Crippen molar-refractivity contribution in [1.82, 2.24) is 29.2 Å². The standard InChI is InChI=1S/C33H41Cl2N7/c1-8-21(4)42-15-14-40(20-33(42,5)6)13-11-12-25-19-41-30-24(18-37-32(36-7)39-30)17-26(31(41)38-25)27-28(34)22(9-2)16-23(10-3)29(27)35/h8,16-19H,1,4,9-15,20H2,2-3,5-7H3,(H,36,37,39). The Hall–Kier alpha value is -3.13. The number of piperazine rings is 1. The SMILES string of the molecule is C=CC(=C)N1CCN(CCCc2cn3c(n2)c(-c2c(Cl)c(CC)cc(CC)c2Cl)cc2cnc(NC)nc23)CC1(C)C. The summed E-state index contributed by atoms with van der Waals surface area (Å²) in [6, 6.07) is 4.20. The highest BCUT2D eigenvalue weighted by atomic mass is 35.5. The molecule has 0 radical (unpaired) electrons. The molecule has 0 amide bonds. The van der Waals surface area contributed by atoms with Crippen LogP contribution in [0.25, 0.3) is 27.8 Å². The highest BCUT2D eigenvalue weighted by Gasteiger charge is 2.33. The van der Waals surface area contributed by atoms with Gasteiger partial charge in [0, 0.05) is 66.8 Å². The quantitative estimate of drug-likeness (QED) is 0.189. The summed E-state index contributed by atoms with van der Waals surface area (Å²) in [5, 5.41) is 5.31. The highest BCUT2D eigenvalue weighted by molar-refractivity contribution is 6.40. The van der Waals surface area contributed by atoms with Crippen molar-refractivity contribution in [2.24, 2.45) is 0 Å². The van der Waals surface area contributed by atoms with Crippen molar-refractivity contribution in [1.29, 1.82) is 0 Å². The van der Waals surface area contributed by atoms with Gasteiger partial charge in [-0.05, 0) is 69.3 Å². The van der Waals surface area contributed by atoms with E-state index in [0.29, 0.717) is 16.0 Å². The molecule has 4 aromatic rings. The molecule has 5 rings (SSSR count). The molecular formula is C33H41Cl2N7. The minimum absolute atomic E-state index is 0.00800. The highest BCUT2D eigenvalue weighted by Crippen LogP contribution is 2.42. The van der Waals surface area contributed by atoms with Crippen LogP contribution in [0.15, 0.2) is 49.5 Å². The van der Waals surface area contributed by atoms with Crippen molar-refractivity contribution in [2.45, 2.75) is 58.9 Å². The third kappa shape index (κ3) is 5.62. The normalized spacial score (nSPS) is 15.5. The summed E-state index contributed by atoms with van der Waals surface area (Å²) in [6.45, 7) is 20.8. The average Bonchev–Trinajstić information content (AvgIpc) is 3.41. The van der Waals surface area contributed by atoms with Gasteiger partial charge in [-0.1, -0.05) is 56.3 Å². The van der Waals surface area contributed by atoms with Gasteiger partial charge in [-0.3, -0.25) is 9.30 Å². The first-order valence-electron chi connectivity index (χ1n) is 14.8. The molecule has 0 bridgehead atoms. The number of hydrogen-bond acceptors (Lipinski definition) is 6. The number of fused-ring (bicyclic) bond motifs is 3. The number of imidazole rings is 1. The maximum absolute atomic E-state index is 7.03. The molecule has 4 heterocycles. The molecule has 1 saturated heterocycles. The number of nitrogens with one attached hydrogen (secondary N) is 1. The van der Waals surface area contributed by atoms with Gasteiger partial charge in [-0.25, -0.2) is 9.97 Å². The van der Waals surface area contributed by atoms with Gasteiger partial charge in [0.15, 0.2) is 5.65 Å². The molecule has 7 nitrogen and oxygen atoms in total. The van der Waals surface area contributed by atoms with E-state index in [2.05, 4.69) is 83.7 Å². The van der Waals surface area contributed by atoms with Crippen LogP contribution in [0.3, 0.4) is 0 Å². The lowest BCUT2D eigenvalue weighted by Crippen LogP contribution is -2.58. The van der Waals surface area contributed by atoms with Crippen molar-refractivity contribution in [3.05, 3.63) is 76.3 Å². The first-order chi connectivity index (χ1) is 20.1. The summed E-state index contributed by atoms with van der Waals surface area (Å²) in [5.41, 5.74) is 7.51. The number of nitrogens with zero attached hydrogens (tertiary/aromatic N) is 6. The number of aromatic nitrogens is 4. The van der Waals surface area contributed by atoms with Crippen molar-refractivity contribution in [2.75, 3.05) is 38.5 Å². The number of aryl methyl sites for hydroxylation is 3. The van der Waals surface area contributed by atoms with E-state index in [9.17, 15) is 0 Å². The molecule has 1 fully saturated rings. The molecule has 9 heteroatoms. The minimum atomic E-state index is 0.00800. The fourth-order valence-corrected chi connectivity index (χ4v) is 7.00. The van der Waals surface area contributed by atoms with Crippen LogP contribution in [0.2, 0.25) is 10.0 Å². The molecule has 0 saturated carbocycles. The fraction of sp³-hybridized carbons (Fsp3) is 0.424. The summed E-state index contributed by atoms with van der Waals surface area (Å²) in [6.07, 6.45) is 9.29. The van der Waals surface area contributed by atoms with Crippen LogP contribution in [0, 0.1) is 0 Å². The van der Waals surface area contributed by atoms with E-state index in [1.54, 1.807) is 0 Å². The first kappa shape index (κ1) is 30.3. The number of rotatable bonds is 10. The van der Waals surface area contributed by atoms with Crippen molar-refractivity contribution >= 4 is 45.8 Å². The zero-order chi connectivity index (χ0) is 30.2. The molecule has 1 N–H and O–H groups in total. The topological polar surface area (TPSA) is 61.6 Å². The monoisotopic (exact) mass is 605 g/mol. The van der Waals surface area contributed by atoms with E-state index in [4.69, 9.17) is 33.2 Å². The molecule has 1 aromatic carbocycles. The van der Waals surface area contributed by atoms with E-state index in [1.165, 1.54) is 0 Å². The second kappa shape index (κ2) is 12.2. The maximum Gasteiger partial charge on any atom is 0.224 e. The Balaban J connectivity index is 1.50. The molecule has 1 aliphatic rings. The van der Waals surface area contributed by atoms with E-state index in [1.807, 2.05) is 19.3 Å². The molecule has 1 aliphatic heterocycles. The molecule has 0 atom stereocenters.